The molecule has 1 saturated heterocycles. The van der Waals surface area contributed by atoms with Gasteiger partial charge in [-0.25, -0.2) is 9.59 Å². The molecule has 4 amide bonds. The number of hydrogen-bond donors (Lipinski definition) is 3. The predicted molar refractivity (Wildman–Crippen MR) is 73.3 cm³/mol. The van der Waals surface area contributed by atoms with Crippen LogP contribution in [0.1, 0.15) is 27.7 Å². The molecule has 0 spiro atoms. The highest BCUT2D eigenvalue weighted by Gasteiger charge is 2.41. The summed E-state index contributed by atoms with van der Waals surface area (Å²) < 4.78 is 0. The fourth-order valence-electron chi connectivity index (χ4n) is 1.84. The number of amides is 4. The van der Waals surface area contributed by atoms with Crippen molar-refractivity contribution in [2.75, 3.05) is 13.1 Å². The molecule has 0 atom stereocenters. The van der Waals surface area contributed by atoms with Crippen molar-refractivity contribution < 1.29 is 24.3 Å². The van der Waals surface area contributed by atoms with Gasteiger partial charge in [0.1, 0.15) is 5.54 Å². The lowest BCUT2D eigenvalue weighted by molar-refractivity contribution is -0.133. The Labute approximate surface area is 122 Å². The number of piperazine rings is 1. The molecule has 0 radical (unpaired) electrons. The molecule has 21 heavy (non-hydrogen) atoms. The molecule has 0 aromatic carbocycles. The van der Waals surface area contributed by atoms with Crippen LogP contribution in [0.2, 0.25) is 0 Å². The summed E-state index contributed by atoms with van der Waals surface area (Å²) in [5, 5.41) is 13.6. The van der Waals surface area contributed by atoms with Crippen LogP contribution < -0.4 is 10.6 Å². The lowest BCUT2D eigenvalue weighted by atomic mass is 9.99. The highest BCUT2D eigenvalue weighted by atomic mass is 16.4. The number of imide groups is 1. The molecule has 0 aliphatic carbocycles. The molecular formula is C13H19N3O5. The number of carbonyl (C=O) groups excluding carboxylic acids is 3. The van der Waals surface area contributed by atoms with E-state index >= 15 is 0 Å². The Kier molecular flexibility index (Phi) is 4.72. The van der Waals surface area contributed by atoms with Crippen LogP contribution in [-0.2, 0) is 14.4 Å². The topological polar surface area (TPSA) is 116 Å². The standard InChI is InChI=1S/C13H19N3O5/c1-7(8(2)10(18)19)9(17)15-12(21)16-6-5-14-11(20)13(16,3)4/h5-6H2,1-4H3,(H,14,20)(H,18,19)(H,15,17,21). The van der Waals surface area contributed by atoms with Gasteiger partial charge in [-0.05, 0) is 27.7 Å². The molecule has 1 fully saturated rings. The molecule has 1 heterocycles. The van der Waals surface area contributed by atoms with Crippen LogP contribution in [-0.4, -0.2) is 52.4 Å². The van der Waals surface area contributed by atoms with E-state index in [0.717, 1.165) is 0 Å². The van der Waals surface area contributed by atoms with E-state index in [4.69, 9.17) is 5.11 Å². The number of carboxylic acids is 1. The SMILES string of the molecule is CC(C(=O)O)=C(C)C(=O)NC(=O)N1CCNC(=O)C1(C)C. The number of carbonyl (C=O) groups is 4. The normalized spacial score (nSPS) is 18.5. The van der Waals surface area contributed by atoms with Crippen molar-refractivity contribution in [2.24, 2.45) is 0 Å². The third-order valence-corrected chi connectivity index (χ3v) is 3.54. The van der Waals surface area contributed by atoms with E-state index < -0.39 is 23.4 Å². The molecule has 0 aromatic heterocycles. The Morgan fingerprint density at radius 1 is 1.24 bits per heavy atom. The minimum atomic E-state index is -1.23. The van der Waals surface area contributed by atoms with E-state index in [1.807, 2.05) is 0 Å². The van der Waals surface area contributed by atoms with Crippen molar-refractivity contribution in [2.45, 2.75) is 33.2 Å². The first-order valence-electron chi connectivity index (χ1n) is 6.41. The molecule has 3 N–H and O–H groups in total. The molecule has 0 aromatic rings. The summed E-state index contributed by atoms with van der Waals surface area (Å²) in [7, 11) is 0. The van der Waals surface area contributed by atoms with Gasteiger partial charge in [0.15, 0.2) is 0 Å². The number of nitrogens with zero attached hydrogens (tertiary/aromatic N) is 1. The highest BCUT2D eigenvalue weighted by Crippen LogP contribution is 2.17. The van der Waals surface area contributed by atoms with E-state index in [0.29, 0.717) is 6.54 Å². The third kappa shape index (κ3) is 3.39. The molecule has 8 heteroatoms. The van der Waals surface area contributed by atoms with E-state index in [1.54, 1.807) is 13.8 Å². The first-order valence-corrected chi connectivity index (χ1v) is 6.41. The van der Waals surface area contributed by atoms with Gasteiger partial charge < -0.3 is 15.3 Å². The Morgan fingerprint density at radius 2 is 1.81 bits per heavy atom. The van der Waals surface area contributed by atoms with Crippen LogP contribution in [0.5, 0.6) is 0 Å². The maximum Gasteiger partial charge on any atom is 0.331 e. The maximum atomic E-state index is 12.1. The number of aliphatic carboxylic acids is 1. The van der Waals surface area contributed by atoms with Gasteiger partial charge in [-0.1, -0.05) is 0 Å². The average Bonchev–Trinajstić information content (AvgIpc) is 2.39. The number of hydrogen-bond acceptors (Lipinski definition) is 4. The van der Waals surface area contributed by atoms with Crippen molar-refractivity contribution in [3.63, 3.8) is 0 Å². The summed E-state index contributed by atoms with van der Waals surface area (Å²) >= 11 is 0. The molecule has 8 nitrogen and oxygen atoms in total. The molecular weight excluding hydrogens is 278 g/mol. The Balaban J connectivity index is 2.87. The van der Waals surface area contributed by atoms with Crippen LogP contribution in [0, 0.1) is 0 Å². The van der Waals surface area contributed by atoms with Crippen LogP contribution in [0.15, 0.2) is 11.1 Å². The second-order valence-electron chi connectivity index (χ2n) is 5.28. The largest absolute Gasteiger partial charge is 0.478 e. The first-order chi connectivity index (χ1) is 9.59. The molecule has 0 unspecified atom stereocenters. The predicted octanol–water partition coefficient (Wildman–Crippen LogP) is -0.146. The lowest BCUT2D eigenvalue weighted by Gasteiger charge is -2.40. The number of nitrogens with one attached hydrogen (secondary N) is 2. The minimum Gasteiger partial charge on any atom is -0.478 e. The second kappa shape index (κ2) is 5.94. The Hall–Kier alpha value is -2.38. The van der Waals surface area contributed by atoms with Gasteiger partial charge in [-0.2, -0.15) is 0 Å². The van der Waals surface area contributed by atoms with Gasteiger partial charge in [0.05, 0.1) is 0 Å². The van der Waals surface area contributed by atoms with Crippen molar-refractivity contribution in [1.29, 1.82) is 0 Å². The summed E-state index contributed by atoms with van der Waals surface area (Å²) in [6.45, 7) is 6.29. The van der Waals surface area contributed by atoms with Gasteiger partial charge in [0, 0.05) is 24.2 Å². The monoisotopic (exact) mass is 297 g/mol. The summed E-state index contributed by atoms with van der Waals surface area (Å²) in [4.78, 5) is 47.7. The molecule has 116 valence electrons. The summed E-state index contributed by atoms with van der Waals surface area (Å²) in [6, 6.07) is -0.725. The van der Waals surface area contributed by atoms with E-state index in [1.165, 1.54) is 18.7 Å². The van der Waals surface area contributed by atoms with Gasteiger partial charge in [-0.3, -0.25) is 14.9 Å². The molecule has 1 aliphatic heterocycles. The number of carboxylic acid groups (broad SMARTS) is 1. The van der Waals surface area contributed by atoms with Gasteiger partial charge >= 0.3 is 12.0 Å². The highest BCUT2D eigenvalue weighted by molar-refractivity contribution is 6.08. The average molecular weight is 297 g/mol. The molecule has 1 rings (SSSR count). The number of rotatable bonds is 2. The molecule has 0 bridgehead atoms. The van der Waals surface area contributed by atoms with Crippen LogP contribution >= 0.6 is 0 Å². The van der Waals surface area contributed by atoms with Crippen molar-refractivity contribution in [3.05, 3.63) is 11.1 Å². The summed E-state index contributed by atoms with van der Waals surface area (Å²) in [5.41, 5.74) is -1.28. The van der Waals surface area contributed by atoms with Crippen LogP contribution in [0.25, 0.3) is 0 Å². The zero-order valence-electron chi connectivity index (χ0n) is 12.4. The summed E-state index contributed by atoms with van der Waals surface area (Å²) in [5.74, 6) is -2.33. The zero-order valence-corrected chi connectivity index (χ0v) is 12.4. The smallest absolute Gasteiger partial charge is 0.331 e. The third-order valence-electron chi connectivity index (χ3n) is 3.54. The van der Waals surface area contributed by atoms with Crippen molar-refractivity contribution >= 4 is 23.8 Å². The quantitative estimate of drug-likeness (QED) is 0.613. The van der Waals surface area contributed by atoms with Gasteiger partial charge in [-0.15, -0.1) is 0 Å². The van der Waals surface area contributed by atoms with Crippen LogP contribution in [0.4, 0.5) is 4.79 Å². The van der Waals surface area contributed by atoms with Gasteiger partial charge in [0.2, 0.25) is 5.91 Å². The lowest BCUT2D eigenvalue weighted by Crippen LogP contribution is -2.65. The summed E-state index contributed by atoms with van der Waals surface area (Å²) in [6.07, 6.45) is 0. The van der Waals surface area contributed by atoms with E-state index in [-0.39, 0.29) is 23.6 Å². The van der Waals surface area contributed by atoms with Gasteiger partial charge in [0.25, 0.3) is 5.91 Å². The molecule has 0 saturated carbocycles. The first kappa shape index (κ1) is 16.7. The minimum absolute atomic E-state index is 0.0601. The Bertz CT molecular complexity index is 536. The van der Waals surface area contributed by atoms with Crippen molar-refractivity contribution in [1.82, 2.24) is 15.5 Å². The maximum absolute atomic E-state index is 12.1. The van der Waals surface area contributed by atoms with E-state index in [2.05, 4.69) is 10.6 Å². The second-order valence-corrected chi connectivity index (χ2v) is 5.28. The fraction of sp³-hybridized carbons (Fsp3) is 0.538. The zero-order chi connectivity index (χ0) is 16.4. The van der Waals surface area contributed by atoms with Crippen LogP contribution in [0.3, 0.4) is 0 Å². The molecule has 1 aliphatic rings. The van der Waals surface area contributed by atoms with E-state index in [9.17, 15) is 19.2 Å². The van der Waals surface area contributed by atoms with Crippen molar-refractivity contribution in [3.8, 4) is 0 Å². The Morgan fingerprint density at radius 3 is 2.33 bits per heavy atom. The fourth-order valence-corrected chi connectivity index (χ4v) is 1.84. The number of urea groups is 1.